The fourth-order valence-corrected chi connectivity index (χ4v) is 2.60. The molecule has 118 valence electrons. The molecule has 0 saturated carbocycles. The van der Waals surface area contributed by atoms with Crippen molar-refractivity contribution < 1.29 is 21.6 Å². The summed E-state index contributed by atoms with van der Waals surface area (Å²) in [7, 11) is -3.64. The molecular formula is C15H14F3NO2S. The quantitative estimate of drug-likeness (QED) is 0.923. The molecule has 0 heterocycles. The summed E-state index contributed by atoms with van der Waals surface area (Å²) in [6.45, 7) is 1.84. The summed E-state index contributed by atoms with van der Waals surface area (Å²) in [5.74, 6) is 0. The number of hydrogen-bond acceptors (Lipinski definition) is 2. The lowest BCUT2D eigenvalue weighted by atomic mass is 9.98. The van der Waals surface area contributed by atoms with Crippen molar-refractivity contribution in [3.8, 4) is 11.1 Å². The topological polar surface area (TPSA) is 46.2 Å². The van der Waals surface area contributed by atoms with Crippen molar-refractivity contribution in [1.82, 2.24) is 0 Å². The number of alkyl halides is 3. The maximum absolute atomic E-state index is 13.2. The van der Waals surface area contributed by atoms with Crippen molar-refractivity contribution >= 4 is 15.7 Å². The van der Waals surface area contributed by atoms with Gasteiger partial charge in [0.2, 0.25) is 10.0 Å². The molecule has 2 rings (SSSR count). The molecule has 0 atom stereocenters. The Morgan fingerprint density at radius 2 is 1.59 bits per heavy atom. The normalized spacial score (nSPS) is 12.2. The molecule has 0 saturated heterocycles. The Morgan fingerprint density at radius 3 is 2.09 bits per heavy atom. The number of rotatable bonds is 3. The van der Waals surface area contributed by atoms with Crippen LogP contribution < -0.4 is 4.72 Å². The van der Waals surface area contributed by atoms with E-state index in [1.54, 1.807) is 24.3 Å². The van der Waals surface area contributed by atoms with Crippen LogP contribution >= 0.6 is 0 Å². The summed E-state index contributed by atoms with van der Waals surface area (Å²) in [6, 6.07) is 10.0. The molecule has 0 aliphatic carbocycles. The molecule has 0 spiro atoms. The third kappa shape index (κ3) is 4.00. The average Bonchev–Trinajstić information content (AvgIpc) is 2.37. The van der Waals surface area contributed by atoms with E-state index >= 15 is 0 Å². The minimum absolute atomic E-state index is 0.00607. The van der Waals surface area contributed by atoms with Crippen molar-refractivity contribution in [1.29, 1.82) is 0 Å². The molecule has 22 heavy (non-hydrogen) atoms. The second-order valence-corrected chi connectivity index (χ2v) is 6.75. The monoisotopic (exact) mass is 329 g/mol. The summed E-state index contributed by atoms with van der Waals surface area (Å²) in [6.07, 6.45) is -3.70. The predicted octanol–water partition coefficient (Wildman–Crippen LogP) is 4.05. The number of hydrogen-bond donors (Lipinski definition) is 1. The van der Waals surface area contributed by atoms with Crippen molar-refractivity contribution in [3.63, 3.8) is 0 Å². The van der Waals surface area contributed by atoms with E-state index in [0.717, 1.165) is 17.9 Å². The van der Waals surface area contributed by atoms with Crippen molar-refractivity contribution in [2.45, 2.75) is 13.1 Å². The van der Waals surface area contributed by atoms with Gasteiger partial charge in [-0.2, -0.15) is 13.2 Å². The van der Waals surface area contributed by atoms with Crippen LogP contribution in [0.25, 0.3) is 11.1 Å². The van der Waals surface area contributed by atoms with Crippen molar-refractivity contribution in [2.75, 3.05) is 11.0 Å². The maximum Gasteiger partial charge on any atom is 0.417 e. The van der Waals surface area contributed by atoms with E-state index in [4.69, 9.17) is 0 Å². The van der Waals surface area contributed by atoms with Crippen LogP contribution in [0.15, 0.2) is 42.5 Å². The Kier molecular flexibility index (Phi) is 4.19. The van der Waals surface area contributed by atoms with Gasteiger partial charge < -0.3 is 0 Å². The first-order valence-corrected chi connectivity index (χ1v) is 8.21. The minimum atomic E-state index is -4.59. The van der Waals surface area contributed by atoms with Gasteiger partial charge in [-0.05, 0) is 30.2 Å². The summed E-state index contributed by atoms with van der Waals surface area (Å²) < 4.78 is 64.1. The van der Waals surface area contributed by atoms with Crippen LogP contribution in [0.3, 0.4) is 0 Å². The lowest BCUT2D eigenvalue weighted by Crippen LogP contribution is -2.12. The average molecular weight is 329 g/mol. The van der Waals surface area contributed by atoms with Gasteiger partial charge in [-0.15, -0.1) is 0 Å². The van der Waals surface area contributed by atoms with E-state index in [2.05, 4.69) is 4.72 Å². The highest BCUT2D eigenvalue weighted by Gasteiger charge is 2.34. The van der Waals surface area contributed by atoms with Crippen LogP contribution in [-0.4, -0.2) is 14.7 Å². The summed E-state index contributed by atoms with van der Waals surface area (Å²) in [5, 5.41) is 0. The van der Waals surface area contributed by atoms with Crippen LogP contribution in [0.4, 0.5) is 18.9 Å². The Bertz CT molecular complexity index is 781. The Morgan fingerprint density at radius 1 is 1.00 bits per heavy atom. The number of nitrogens with one attached hydrogen (secondary N) is 1. The van der Waals surface area contributed by atoms with Gasteiger partial charge in [0.1, 0.15) is 0 Å². The summed E-state index contributed by atoms with van der Waals surface area (Å²) >= 11 is 0. The third-order valence-corrected chi connectivity index (χ3v) is 3.60. The number of anilines is 1. The molecule has 0 amide bonds. The first kappa shape index (κ1) is 16.4. The van der Waals surface area contributed by atoms with Gasteiger partial charge in [-0.25, -0.2) is 8.42 Å². The van der Waals surface area contributed by atoms with E-state index in [1.165, 1.54) is 12.1 Å². The van der Waals surface area contributed by atoms with E-state index in [0.29, 0.717) is 5.56 Å². The van der Waals surface area contributed by atoms with Gasteiger partial charge in [0, 0.05) is 5.69 Å². The molecule has 0 aliphatic heterocycles. The number of aryl methyl sites for hydroxylation is 1. The molecule has 1 N–H and O–H groups in total. The molecule has 0 bridgehead atoms. The smallest absolute Gasteiger partial charge is 0.284 e. The second-order valence-electron chi connectivity index (χ2n) is 5.00. The summed E-state index contributed by atoms with van der Waals surface area (Å²) in [4.78, 5) is 0. The van der Waals surface area contributed by atoms with E-state index in [1.807, 2.05) is 6.92 Å². The molecular weight excluding hydrogens is 315 g/mol. The van der Waals surface area contributed by atoms with Crippen LogP contribution in [0.1, 0.15) is 11.1 Å². The van der Waals surface area contributed by atoms with Gasteiger partial charge >= 0.3 is 6.18 Å². The summed E-state index contributed by atoms with van der Waals surface area (Å²) in [5.41, 5.74) is 0.360. The fourth-order valence-electron chi connectivity index (χ4n) is 2.04. The highest BCUT2D eigenvalue weighted by molar-refractivity contribution is 7.92. The van der Waals surface area contributed by atoms with E-state index < -0.39 is 21.8 Å². The lowest BCUT2D eigenvalue weighted by molar-refractivity contribution is -0.137. The first-order valence-electron chi connectivity index (χ1n) is 6.32. The Hall–Kier alpha value is -2.02. The van der Waals surface area contributed by atoms with Gasteiger partial charge in [0.25, 0.3) is 0 Å². The van der Waals surface area contributed by atoms with Gasteiger partial charge in [-0.3, -0.25) is 4.72 Å². The predicted molar refractivity (Wildman–Crippen MR) is 80.1 cm³/mol. The lowest BCUT2D eigenvalue weighted by Gasteiger charge is -2.15. The first-order chi connectivity index (χ1) is 10.1. The molecule has 0 radical (unpaired) electrons. The third-order valence-electron chi connectivity index (χ3n) is 2.99. The van der Waals surface area contributed by atoms with Crippen LogP contribution in [0, 0.1) is 6.92 Å². The van der Waals surface area contributed by atoms with Crippen LogP contribution in [0.2, 0.25) is 0 Å². The molecule has 0 fully saturated rings. The van der Waals surface area contributed by atoms with Crippen LogP contribution in [0.5, 0.6) is 0 Å². The number of halogens is 3. The maximum atomic E-state index is 13.2. The fraction of sp³-hybridized carbons (Fsp3) is 0.200. The molecule has 7 heteroatoms. The molecule has 2 aromatic rings. The molecule has 3 nitrogen and oxygen atoms in total. The van der Waals surface area contributed by atoms with E-state index in [-0.39, 0.29) is 11.3 Å². The largest absolute Gasteiger partial charge is 0.417 e. The van der Waals surface area contributed by atoms with Gasteiger partial charge in [0.15, 0.2) is 0 Å². The zero-order valence-corrected chi connectivity index (χ0v) is 12.7. The van der Waals surface area contributed by atoms with Crippen LogP contribution in [-0.2, 0) is 16.2 Å². The van der Waals surface area contributed by atoms with Gasteiger partial charge in [-0.1, -0.05) is 35.9 Å². The van der Waals surface area contributed by atoms with Crippen molar-refractivity contribution in [2.24, 2.45) is 0 Å². The number of benzene rings is 2. The SMILES string of the molecule is Cc1ccc(-c2ccc(NS(C)(=O)=O)cc2C(F)(F)F)cc1. The molecule has 2 aromatic carbocycles. The highest BCUT2D eigenvalue weighted by Crippen LogP contribution is 2.38. The molecule has 0 unspecified atom stereocenters. The molecule has 0 aliphatic rings. The minimum Gasteiger partial charge on any atom is -0.284 e. The van der Waals surface area contributed by atoms with Gasteiger partial charge in [0.05, 0.1) is 11.8 Å². The van der Waals surface area contributed by atoms with Crippen molar-refractivity contribution in [3.05, 3.63) is 53.6 Å². The van der Waals surface area contributed by atoms with E-state index in [9.17, 15) is 21.6 Å². The Labute approximate surface area is 126 Å². The zero-order chi connectivity index (χ0) is 16.5. The molecule has 0 aromatic heterocycles. The Balaban J connectivity index is 2.57. The number of sulfonamides is 1. The highest BCUT2D eigenvalue weighted by atomic mass is 32.2. The second kappa shape index (κ2) is 5.64. The zero-order valence-electron chi connectivity index (χ0n) is 11.9. The standard InChI is InChI=1S/C15H14F3NO2S/c1-10-3-5-11(6-4-10)13-8-7-12(19-22(2,20)21)9-14(13)15(16,17)18/h3-9,19H,1-2H3.